The van der Waals surface area contributed by atoms with Gasteiger partial charge in [0.15, 0.2) is 5.78 Å². The number of aromatic nitrogens is 1. The van der Waals surface area contributed by atoms with Crippen molar-refractivity contribution in [1.82, 2.24) is 4.57 Å². The van der Waals surface area contributed by atoms with Crippen LogP contribution in [0.1, 0.15) is 60.7 Å². The van der Waals surface area contributed by atoms with Crippen LogP contribution in [0.15, 0.2) is 59.8 Å². The second-order valence-electron chi connectivity index (χ2n) is 9.72. The summed E-state index contributed by atoms with van der Waals surface area (Å²) in [5.41, 5.74) is 5.72. The summed E-state index contributed by atoms with van der Waals surface area (Å²) in [6, 6.07) is 17.5. The van der Waals surface area contributed by atoms with E-state index in [4.69, 9.17) is 14.3 Å². The second-order valence-corrected chi connectivity index (χ2v) is 9.72. The summed E-state index contributed by atoms with van der Waals surface area (Å²) in [6.45, 7) is 9.27. The highest BCUT2D eigenvalue weighted by Crippen LogP contribution is 2.32. The van der Waals surface area contributed by atoms with Gasteiger partial charge < -0.3 is 18.9 Å². The molecular formula is C31H32N2O5. The fraction of sp³-hybridized carbons (Fsp3) is 0.323. The average molecular weight is 513 g/mol. The molecule has 1 saturated heterocycles. The summed E-state index contributed by atoms with van der Waals surface area (Å²) >= 11 is 0. The van der Waals surface area contributed by atoms with Crippen molar-refractivity contribution in [3.8, 4) is 5.75 Å². The molecule has 0 N–H and O–H groups in total. The Morgan fingerprint density at radius 3 is 2.34 bits per heavy atom. The molecule has 1 unspecified atom stereocenters. The van der Waals surface area contributed by atoms with Gasteiger partial charge in [0.1, 0.15) is 12.4 Å². The van der Waals surface area contributed by atoms with Crippen molar-refractivity contribution < 1.29 is 23.9 Å². The first-order valence-electron chi connectivity index (χ1n) is 13.0. The predicted molar refractivity (Wildman–Crippen MR) is 148 cm³/mol. The Balaban J connectivity index is 1.48. The van der Waals surface area contributed by atoms with Gasteiger partial charge in [0, 0.05) is 53.0 Å². The average Bonchev–Trinajstić information content (AvgIpc) is 3.55. The number of oxime groups is 1. The van der Waals surface area contributed by atoms with Crippen LogP contribution in [0.4, 0.5) is 0 Å². The van der Waals surface area contributed by atoms with E-state index in [2.05, 4.69) is 16.6 Å². The molecule has 7 heteroatoms. The Kier molecular flexibility index (Phi) is 7.29. The Hall–Kier alpha value is -3.97. The summed E-state index contributed by atoms with van der Waals surface area (Å²) in [7, 11) is 0. The molecule has 2 heterocycles. The summed E-state index contributed by atoms with van der Waals surface area (Å²) in [4.78, 5) is 29.6. The largest absolute Gasteiger partial charge is 0.491 e. The smallest absolute Gasteiger partial charge is 0.331 e. The molecule has 4 aromatic rings. The minimum atomic E-state index is -0.464. The van der Waals surface area contributed by atoms with E-state index >= 15 is 0 Å². The SMILES string of the molecule is CCn1c2ccc(C(=O)c3ccc(OCC4CCCO4)cc3C)cc2c2cc(C(C)=NOC(C)=O)ccc21. The number of ether oxygens (including phenoxy) is 2. The standard InChI is InChI=1S/C31H32N2O5/c1-5-33-29-12-8-22(20(3)32-38-21(4)34)16-27(29)28-17-23(9-13-30(28)33)31(35)26-11-10-24(15-19(26)2)37-18-25-7-6-14-36-25/h8-13,15-17,25H,5-7,14,18H2,1-4H3. The van der Waals surface area contributed by atoms with Crippen molar-refractivity contribution in [3.63, 3.8) is 0 Å². The molecule has 1 atom stereocenters. The Bertz CT molecular complexity index is 1560. The van der Waals surface area contributed by atoms with E-state index in [1.165, 1.54) is 6.92 Å². The van der Waals surface area contributed by atoms with Crippen LogP contribution in [0, 0.1) is 6.92 Å². The normalized spacial score (nSPS) is 15.8. The molecule has 1 aliphatic rings. The molecule has 0 saturated carbocycles. The molecule has 38 heavy (non-hydrogen) atoms. The van der Waals surface area contributed by atoms with Gasteiger partial charge in [0.05, 0.1) is 11.8 Å². The van der Waals surface area contributed by atoms with Crippen molar-refractivity contribution in [1.29, 1.82) is 0 Å². The summed E-state index contributed by atoms with van der Waals surface area (Å²) in [5.74, 6) is 0.249. The Morgan fingerprint density at radius 1 is 1.00 bits per heavy atom. The van der Waals surface area contributed by atoms with E-state index in [-0.39, 0.29) is 11.9 Å². The van der Waals surface area contributed by atoms with E-state index < -0.39 is 5.97 Å². The van der Waals surface area contributed by atoms with Gasteiger partial charge in [-0.2, -0.15) is 0 Å². The molecular weight excluding hydrogens is 480 g/mol. The molecule has 0 radical (unpaired) electrons. The lowest BCUT2D eigenvalue weighted by Gasteiger charge is -2.13. The number of nitrogens with zero attached hydrogens (tertiary/aromatic N) is 2. The number of fused-ring (bicyclic) bond motifs is 3. The van der Waals surface area contributed by atoms with Gasteiger partial charge in [-0.25, -0.2) is 4.79 Å². The number of hydrogen-bond acceptors (Lipinski definition) is 6. The van der Waals surface area contributed by atoms with Crippen LogP contribution >= 0.6 is 0 Å². The third-order valence-electron chi connectivity index (χ3n) is 7.07. The van der Waals surface area contributed by atoms with Gasteiger partial charge in [-0.3, -0.25) is 4.79 Å². The number of ketones is 1. The zero-order valence-electron chi connectivity index (χ0n) is 22.2. The van der Waals surface area contributed by atoms with E-state index in [1.807, 2.05) is 61.5 Å². The van der Waals surface area contributed by atoms with Crippen molar-refractivity contribution in [2.75, 3.05) is 13.2 Å². The maximum atomic E-state index is 13.6. The number of hydrogen-bond donors (Lipinski definition) is 0. The van der Waals surface area contributed by atoms with E-state index in [0.717, 1.165) is 64.7 Å². The van der Waals surface area contributed by atoms with Gasteiger partial charge in [-0.05, 0) is 93.3 Å². The molecule has 0 aliphatic carbocycles. The van der Waals surface area contributed by atoms with Crippen LogP contribution in [-0.2, 0) is 20.9 Å². The fourth-order valence-electron chi connectivity index (χ4n) is 5.10. The minimum Gasteiger partial charge on any atom is -0.491 e. The molecule has 1 aromatic heterocycles. The van der Waals surface area contributed by atoms with Gasteiger partial charge in [0.25, 0.3) is 0 Å². The van der Waals surface area contributed by atoms with Gasteiger partial charge in [-0.1, -0.05) is 11.2 Å². The van der Waals surface area contributed by atoms with Gasteiger partial charge >= 0.3 is 5.97 Å². The quantitative estimate of drug-likeness (QED) is 0.122. The molecule has 7 nitrogen and oxygen atoms in total. The predicted octanol–water partition coefficient (Wildman–Crippen LogP) is 6.20. The number of rotatable bonds is 8. The summed E-state index contributed by atoms with van der Waals surface area (Å²) in [6.07, 6.45) is 2.24. The van der Waals surface area contributed by atoms with E-state index in [1.54, 1.807) is 6.92 Å². The zero-order chi connectivity index (χ0) is 26.8. The van der Waals surface area contributed by atoms with E-state index in [9.17, 15) is 9.59 Å². The van der Waals surface area contributed by atoms with Gasteiger partial charge in [0.2, 0.25) is 0 Å². The lowest BCUT2D eigenvalue weighted by Crippen LogP contribution is -2.16. The van der Waals surface area contributed by atoms with Crippen LogP contribution in [0.25, 0.3) is 21.8 Å². The molecule has 0 spiro atoms. The van der Waals surface area contributed by atoms with Crippen molar-refractivity contribution in [2.45, 2.75) is 53.2 Å². The highest BCUT2D eigenvalue weighted by molar-refractivity contribution is 6.16. The fourth-order valence-corrected chi connectivity index (χ4v) is 5.10. The number of aryl methyl sites for hydroxylation is 2. The topological polar surface area (TPSA) is 79.1 Å². The molecule has 5 rings (SSSR count). The molecule has 1 fully saturated rings. The van der Waals surface area contributed by atoms with Crippen LogP contribution in [0.3, 0.4) is 0 Å². The molecule has 0 amide bonds. The van der Waals surface area contributed by atoms with Crippen molar-refractivity contribution in [2.24, 2.45) is 5.16 Å². The van der Waals surface area contributed by atoms with Crippen molar-refractivity contribution in [3.05, 3.63) is 76.9 Å². The highest BCUT2D eigenvalue weighted by atomic mass is 16.7. The van der Waals surface area contributed by atoms with Crippen LogP contribution in [-0.4, -0.2) is 41.3 Å². The van der Waals surface area contributed by atoms with Crippen molar-refractivity contribution >= 4 is 39.3 Å². The van der Waals surface area contributed by atoms with Crippen LogP contribution in [0.5, 0.6) is 5.75 Å². The highest BCUT2D eigenvalue weighted by Gasteiger charge is 2.19. The molecule has 196 valence electrons. The number of carbonyl (C=O) groups is 2. The van der Waals surface area contributed by atoms with E-state index in [0.29, 0.717) is 23.4 Å². The van der Waals surface area contributed by atoms with Gasteiger partial charge in [-0.15, -0.1) is 0 Å². The number of benzene rings is 3. The third-order valence-corrected chi connectivity index (χ3v) is 7.07. The van der Waals surface area contributed by atoms with Crippen LogP contribution < -0.4 is 4.74 Å². The monoisotopic (exact) mass is 512 g/mol. The first-order valence-corrected chi connectivity index (χ1v) is 13.0. The lowest BCUT2D eigenvalue weighted by atomic mass is 9.97. The molecule has 0 bridgehead atoms. The third kappa shape index (κ3) is 5.07. The summed E-state index contributed by atoms with van der Waals surface area (Å²) in [5, 5.41) is 5.94. The lowest BCUT2D eigenvalue weighted by molar-refractivity contribution is -0.140. The summed E-state index contributed by atoms with van der Waals surface area (Å²) < 4.78 is 13.8. The Labute approximate surface area is 222 Å². The second kappa shape index (κ2) is 10.8. The maximum absolute atomic E-state index is 13.6. The first kappa shape index (κ1) is 25.7. The zero-order valence-corrected chi connectivity index (χ0v) is 22.2. The number of carbonyl (C=O) groups excluding carboxylic acids is 2. The first-order chi connectivity index (χ1) is 18.4. The molecule has 1 aliphatic heterocycles. The molecule has 3 aromatic carbocycles. The maximum Gasteiger partial charge on any atom is 0.331 e. The Morgan fingerprint density at radius 2 is 1.71 bits per heavy atom. The van der Waals surface area contributed by atoms with Crippen LogP contribution in [0.2, 0.25) is 0 Å². The minimum absolute atomic E-state index is 0.0313.